The maximum atomic E-state index is 11.7. The molecule has 0 spiro atoms. The van der Waals surface area contributed by atoms with E-state index in [2.05, 4.69) is 9.97 Å². The molecule has 0 bridgehead atoms. The molecule has 2 heterocycles. The summed E-state index contributed by atoms with van der Waals surface area (Å²) in [5.41, 5.74) is 1.94. The van der Waals surface area contributed by atoms with E-state index in [1.54, 1.807) is 38.4 Å². The van der Waals surface area contributed by atoms with Crippen LogP contribution in [0.4, 0.5) is 0 Å². The molecule has 2 rings (SSSR count). The lowest BCUT2D eigenvalue weighted by molar-refractivity contribution is 0.0522. The number of carbonyl (C=O) groups excluding carboxylic acids is 1. The topological polar surface area (TPSA) is 75.2 Å². The van der Waals surface area contributed by atoms with Gasteiger partial charge in [-0.3, -0.25) is 4.98 Å². The number of rotatable bonds is 3. The fourth-order valence-corrected chi connectivity index (χ4v) is 1.78. The van der Waals surface area contributed by atoms with Gasteiger partial charge in [0.25, 0.3) is 0 Å². The second kappa shape index (κ2) is 4.91. The van der Waals surface area contributed by atoms with Gasteiger partial charge in [-0.1, -0.05) is 0 Å². The van der Waals surface area contributed by atoms with Gasteiger partial charge >= 0.3 is 5.97 Å². The molecule has 0 saturated heterocycles. The summed E-state index contributed by atoms with van der Waals surface area (Å²) in [5.74, 6) is -0.627. The van der Waals surface area contributed by atoms with Gasteiger partial charge in [0.05, 0.1) is 12.3 Å². The first-order valence-electron chi connectivity index (χ1n) is 5.64. The summed E-state index contributed by atoms with van der Waals surface area (Å²) in [6, 6.07) is 3.56. The van der Waals surface area contributed by atoms with Gasteiger partial charge in [-0.2, -0.15) is 0 Å². The van der Waals surface area contributed by atoms with Gasteiger partial charge in [0.15, 0.2) is 5.75 Å². The van der Waals surface area contributed by atoms with Gasteiger partial charge in [0.1, 0.15) is 5.56 Å². The lowest BCUT2D eigenvalue weighted by Gasteiger charge is -2.01. The average Bonchev–Trinajstić information content (AvgIpc) is 2.66. The van der Waals surface area contributed by atoms with Crippen LogP contribution in [0, 0.1) is 6.92 Å². The van der Waals surface area contributed by atoms with Crippen LogP contribution >= 0.6 is 0 Å². The molecule has 5 nitrogen and oxygen atoms in total. The van der Waals surface area contributed by atoms with Gasteiger partial charge in [-0.05, 0) is 26.0 Å². The van der Waals surface area contributed by atoms with Crippen LogP contribution in [0.3, 0.4) is 0 Å². The SMILES string of the molecule is CCOC(=O)c1c(C)[nH]c(-c2cccnc2)c1O. The molecule has 0 aliphatic heterocycles. The van der Waals surface area contributed by atoms with Crippen LogP contribution < -0.4 is 0 Å². The number of aromatic nitrogens is 2. The molecule has 0 fully saturated rings. The summed E-state index contributed by atoms with van der Waals surface area (Å²) in [6.45, 7) is 3.70. The zero-order valence-corrected chi connectivity index (χ0v) is 10.2. The lowest BCUT2D eigenvalue weighted by atomic mass is 10.1. The van der Waals surface area contributed by atoms with E-state index < -0.39 is 5.97 Å². The van der Waals surface area contributed by atoms with E-state index in [4.69, 9.17) is 4.74 Å². The second-order valence-electron chi connectivity index (χ2n) is 3.81. The Morgan fingerprint density at radius 3 is 2.94 bits per heavy atom. The van der Waals surface area contributed by atoms with E-state index in [1.165, 1.54) is 0 Å². The van der Waals surface area contributed by atoms with Crippen LogP contribution in [0.2, 0.25) is 0 Å². The molecule has 0 unspecified atom stereocenters. The minimum Gasteiger partial charge on any atom is -0.505 e. The zero-order chi connectivity index (χ0) is 13.1. The number of carbonyl (C=O) groups is 1. The summed E-state index contributed by atoms with van der Waals surface area (Å²) in [5, 5.41) is 10.1. The Bertz CT molecular complexity index is 561. The first-order valence-corrected chi connectivity index (χ1v) is 5.64. The molecule has 2 N–H and O–H groups in total. The van der Waals surface area contributed by atoms with E-state index in [1.807, 2.05) is 0 Å². The number of ether oxygens (including phenoxy) is 1. The van der Waals surface area contributed by atoms with Crippen molar-refractivity contribution in [3.63, 3.8) is 0 Å². The smallest absolute Gasteiger partial charge is 0.343 e. The fraction of sp³-hybridized carbons (Fsp3) is 0.231. The van der Waals surface area contributed by atoms with Crippen molar-refractivity contribution in [2.45, 2.75) is 13.8 Å². The second-order valence-corrected chi connectivity index (χ2v) is 3.81. The number of H-pyrrole nitrogens is 1. The molecule has 5 heteroatoms. The number of pyridine rings is 1. The predicted molar refractivity (Wildman–Crippen MR) is 66.4 cm³/mol. The van der Waals surface area contributed by atoms with Crippen LogP contribution in [-0.2, 0) is 4.74 Å². The summed E-state index contributed by atoms with van der Waals surface area (Å²) in [4.78, 5) is 18.7. The number of hydrogen-bond acceptors (Lipinski definition) is 4. The highest BCUT2D eigenvalue weighted by Crippen LogP contribution is 2.33. The van der Waals surface area contributed by atoms with Crippen LogP contribution in [0.15, 0.2) is 24.5 Å². The minimum absolute atomic E-state index is 0.0982. The molecule has 2 aromatic rings. The number of nitrogens with zero attached hydrogens (tertiary/aromatic N) is 1. The molecule has 94 valence electrons. The molecule has 0 atom stereocenters. The highest BCUT2D eigenvalue weighted by atomic mass is 16.5. The fourth-order valence-electron chi connectivity index (χ4n) is 1.78. The number of aromatic amines is 1. The van der Waals surface area contributed by atoms with E-state index in [9.17, 15) is 9.90 Å². The highest BCUT2D eigenvalue weighted by Gasteiger charge is 2.22. The number of aryl methyl sites for hydroxylation is 1. The molecular formula is C13H14N2O3. The standard InChI is InChI=1S/C13H14N2O3/c1-3-18-13(17)10-8(2)15-11(12(10)16)9-5-4-6-14-7-9/h4-7,15-16H,3H2,1-2H3. The quantitative estimate of drug-likeness (QED) is 0.814. The van der Waals surface area contributed by atoms with Crippen molar-refractivity contribution in [3.8, 4) is 17.0 Å². The van der Waals surface area contributed by atoms with Gasteiger partial charge in [0.2, 0.25) is 0 Å². The Balaban J connectivity index is 2.47. The lowest BCUT2D eigenvalue weighted by Crippen LogP contribution is -2.05. The predicted octanol–water partition coefficient (Wildman–Crippen LogP) is 2.27. The van der Waals surface area contributed by atoms with Crippen molar-refractivity contribution in [1.29, 1.82) is 0 Å². The van der Waals surface area contributed by atoms with E-state index in [0.717, 1.165) is 0 Å². The Hall–Kier alpha value is -2.30. The average molecular weight is 246 g/mol. The van der Waals surface area contributed by atoms with Gasteiger partial charge in [-0.15, -0.1) is 0 Å². The third kappa shape index (κ3) is 2.07. The summed E-state index contributed by atoms with van der Waals surface area (Å²) in [7, 11) is 0. The molecule has 0 aliphatic carbocycles. The van der Waals surface area contributed by atoms with Crippen LogP contribution in [0.25, 0.3) is 11.3 Å². The van der Waals surface area contributed by atoms with Gasteiger partial charge in [0, 0.05) is 23.7 Å². The molecular weight excluding hydrogens is 232 g/mol. The molecule has 0 amide bonds. The molecule has 0 radical (unpaired) electrons. The number of esters is 1. The van der Waals surface area contributed by atoms with Crippen molar-refractivity contribution in [2.24, 2.45) is 0 Å². The monoisotopic (exact) mass is 246 g/mol. The van der Waals surface area contributed by atoms with Crippen molar-refractivity contribution < 1.29 is 14.6 Å². The normalized spacial score (nSPS) is 10.3. The molecule has 0 aliphatic rings. The van der Waals surface area contributed by atoms with E-state index in [-0.39, 0.29) is 17.9 Å². The number of nitrogens with one attached hydrogen (secondary N) is 1. The van der Waals surface area contributed by atoms with Crippen molar-refractivity contribution in [1.82, 2.24) is 9.97 Å². The van der Waals surface area contributed by atoms with Crippen LogP contribution in [0.1, 0.15) is 23.0 Å². The Labute approximate surface area is 104 Å². The Morgan fingerprint density at radius 1 is 1.56 bits per heavy atom. The van der Waals surface area contributed by atoms with Crippen molar-refractivity contribution in [2.75, 3.05) is 6.61 Å². The molecule has 2 aromatic heterocycles. The molecule has 0 saturated carbocycles. The summed E-state index contributed by atoms with van der Waals surface area (Å²) in [6.07, 6.45) is 3.25. The third-order valence-electron chi connectivity index (χ3n) is 2.59. The maximum Gasteiger partial charge on any atom is 0.343 e. The number of hydrogen-bond donors (Lipinski definition) is 2. The summed E-state index contributed by atoms with van der Waals surface area (Å²) < 4.78 is 4.90. The summed E-state index contributed by atoms with van der Waals surface area (Å²) >= 11 is 0. The Kier molecular flexibility index (Phi) is 3.32. The van der Waals surface area contributed by atoms with Crippen LogP contribution in [-0.4, -0.2) is 27.7 Å². The van der Waals surface area contributed by atoms with Crippen molar-refractivity contribution in [3.05, 3.63) is 35.8 Å². The maximum absolute atomic E-state index is 11.7. The minimum atomic E-state index is -0.529. The first kappa shape index (κ1) is 12.2. The third-order valence-corrected chi connectivity index (χ3v) is 2.59. The first-order chi connectivity index (χ1) is 8.65. The van der Waals surface area contributed by atoms with Crippen molar-refractivity contribution >= 4 is 5.97 Å². The van der Waals surface area contributed by atoms with Crippen LogP contribution in [0.5, 0.6) is 5.75 Å². The zero-order valence-electron chi connectivity index (χ0n) is 10.2. The van der Waals surface area contributed by atoms with Gasteiger partial charge < -0.3 is 14.8 Å². The van der Waals surface area contributed by atoms with Gasteiger partial charge in [-0.25, -0.2) is 4.79 Å². The van der Waals surface area contributed by atoms with E-state index >= 15 is 0 Å². The largest absolute Gasteiger partial charge is 0.505 e. The Morgan fingerprint density at radius 2 is 2.33 bits per heavy atom. The number of aromatic hydroxyl groups is 1. The highest BCUT2D eigenvalue weighted by molar-refractivity contribution is 5.96. The molecule has 0 aromatic carbocycles. The molecule has 18 heavy (non-hydrogen) atoms. The van der Waals surface area contributed by atoms with E-state index in [0.29, 0.717) is 17.0 Å².